The molecule has 2 aliphatic carbocycles. The molecule has 0 unspecified atom stereocenters. The van der Waals surface area contributed by atoms with Crippen LogP contribution in [0.5, 0.6) is 0 Å². The number of hydrogen-bond donors (Lipinski definition) is 3. The molecule has 14 heteroatoms. The number of hydrogen-bond acceptors (Lipinski definition) is 7. The van der Waals surface area contributed by atoms with E-state index in [0.717, 1.165) is 75.3 Å². The quantitative estimate of drug-likeness (QED) is 0.105. The Bertz CT molecular complexity index is 2150. The molecule has 0 bridgehead atoms. The van der Waals surface area contributed by atoms with Crippen molar-refractivity contribution in [2.24, 2.45) is 11.8 Å². The number of likely N-dealkylation sites (tertiary alicyclic amines) is 1. The highest BCUT2D eigenvalue weighted by Gasteiger charge is 2.49. The van der Waals surface area contributed by atoms with E-state index >= 15 is 0 Å². The van der Waals surface area contributed by atoms with Crippen LogP contribution >= 0.6 is 0 Å². The van der Waals surface area contributed by atoms with Gasteiger partial charge in [-0.1, -0.05) is 126 Å². The summed E-state index contributed by atoms with van der Waals surface area (Å²) in [5.74, 6) is -2.79. The molecule has 5 amide bonds. The van der Waals surface area contributed by atoms with Crippen molar-refractivity contribution in [3.05, 3.63) is 102 Å². The summed E-state index contributed by atoms with van der Waals surface area (Å²) in [5.41, 5.74) is 2.39. The topological polar surface area (TPSA) is 165 Å². The summed E-state index contributed by atoms with van der Waals surface area (Å²) in [6, 6.07) is 24.7. The van der Waals surface area contributed by atoms with Gasteiger partial charge in [0.15, 0.2) is 0 Å². The van der Waals surface area contributed by atoms with E-state index in [0.29, 0.717) is 25.8 Å². The molecule has 0 aromatic heterocycles. The van der Waals surface area contributed by atoms with Gasteiger partial charge in [-0.25, -0.2) is 8.42 Å². The normalized spacial score (nSPS) is 24.2. The SMILES string of the molecule is CCCCCCCC(=O)N1CCCN(S(=O)(=O)c2cccc(C(=O)N3C[C@@H](C(=O)N[C@H]4C[C@@H]4c4ccccc4)[C@H](C(=O)N[C@H]4C[C@@H]4c4ccccc4)C3)c2)C[C@@H]1C(=O)NCCCCCC. The van der Waals surface area contributed by atoms with Crippen LogP contribution in [0.15, 0.2) is 89.8 Å². The van der Waals surface area contributed by atoms with Crippen molar-refractivity contribution >= 4 is 39.6 Å². The Balaban J connectivity index is 1.05. The molecule has 2 heterocycles. The molecule has 2 aliphatic heterocycles. The highest BCUT2D eigenvalue weighted by atomic mass is 32.2. The van der Waals surface area contributed by atoms with Gasteiger partial charge in [0.1, 0.15) is 6.04 Å². The number of rotatable bonds is 21. The number of unbranched alkanes of at least 4 members (excludes halogenated alkanes) is 7. The van der Waals surface area contributed by atoms with E-state index < -0.39 is 33.8 Å². The van der Waals surface area contributed by atoms with E-state index in [2.05, 4.69) is 29.8 Å². The second-order valence-electron chi connectivity index (χ2n) is 18.5. The molecule has 7 rings (SSSR count). The van der Waals surface area contributed by atoms with Crippen LogP contribution in [0.4, 0.5) is 0 Å². The second kappa shape index (κ2) is 22.4. The second-order valence-corrected chi connectivity index (χ2v) is 20.5. The molecule has 65 heavy (non-hydrogen) atoms. The van der Waals surface area contributed by atoms with Crippen molar-refractivity contribution in [3.63, 3.8) is 0 Å². The fourth-order valence-corrected chi connectivity index (χ4v) is 11.2. The average Bonchev–Trinajstić information content (AvgIpc) is 4.24. The predicted molar refractivity (Wildman–Crippen MR) is 250 cm³/mol. The van der Waals surface area contributed by atoms with Crippen LogP contribution in [0, 0.1) is 11.8 Å². The van der Waals surface area contributed by atoms with Crippen LogP contribution in [0.2, 0.25) is 0 Å². The molecular formula is C51H68N6O7S. The summed E-state index contributed by atoms with van der Waals surface area (Å²) in [5, 5.41) is 9.31. The summed E-state index contributed by atoms with van der Waals surface area (Å²) >= 11 is 0. The third-order valence-electron chi connectivity index (χ3n) is 13.7. The first-order chi connectivity index (χ1) is 31.5. The van der Waals surface area contributed by atoms with Gasteiger partial charge < -0.3 is 25.8 Å². The fourth-order valence-electron chi connectivity index (χ4n) is 9.65. The third kappa shape index (κ3) is 12.2. The molecule has 2 saturated carbocycles. The number of benzene rings is 3. The van der Waals surface area contributed by atoms with E-state index in [1.54, 1.807) is 11.0 Å². The van der Waals surface area contributed by atoms with E-state index in [4.69, 9.17) is 0 Å². The monoisotopic (exact) mass is 908 g/mol. The van der Waals surface area contributed by atoms with Crippen molar-refractivity contribution in [2.75, 3.05) is 39.3 Å². The van der Waals surface area contributed by atoms with Gasteiger partial charge in [-0.15, -0.1) is 0 Å². The minimum absolute atomic E-state index is 0.000929. The molecule has 3 N–H and O–H groups in total. The number of nitrogens with one attached hydrogen (secondary N) is 3. The van der Waals surface area contributed by atoms with Crippen LogP contribution in [-0.2, 0) is 29.2 Å². The van der Waals surface area contributed by atoms with Crippen LogP contribution in [-0.4, -0.2) is 109 Å². The maximum Gasteiger partial charge on any atom is 0.253 e. The first-order valence-electron chi connectivity index (χ1n) is 24.2. The lowest BCUT2D eigenvalue weighted by Gasteiger charge is -2.31. The summed E-state index contributed by atoms with van der Waals surface area (Å²) in [6.07, 6.45) is 10.9. The maximum absolute atomic E-state index is 14.5. The summed E-state index contributed by atoms with van der Waals surface area (Å²) < 4.78 is 30.3. The standard InChI is InChI=1S/C51H68N6O7S/c1-3-5-7-9-16-26-47(58)57-29-19-28-56(35-46(57)50(61)52-27-17-8-6-4-2)65(63,64)39-25-18-24-38(30-39)51(62)55-33-42(48(59)53-44-31-40(44)36-20-12-10-13-21-36)43(34-55)49(60)54-45-32-41(45)37-22-14-11-15-23-37/h10-15,18,20-25,30,40-46H,3-9,16-17,19,26-29,31-35H2,1-2H3,(H,52,61)(H,53,59)(H,54,60)/t40-,41-,42-,43-,44+,45+,46-/m1/s1. The highest BCUT2D eigenvalue weighted by molar-refractivity contribution is 7.89. The number of amides is 5. The largest absolute Gasteiger partial charge is 0.354 e. The maximum atomic E-state index is 14.5. The lowest BCUT2D eigenvalue weighted by Crippen LogP contribution is -2.53. The fraction of sp³-hybridized carbons (Fsp3) is 0.549. The lowest BCUT2D eigenvalue weighted by molar-refractivity contribution is -0.140. The van der Waals surface area contributed by atoms with Gasteiger partial charge in [-0.3, -0.25) is 24.0 Å². The van der Waals surface area contributed by atoms with Gasteiger partial charge in [0.25, 0.3) is 5.91 Å². The minimum Gasteiger partial charge on any atom is -0.354 e. The molecule has 0 spiro atoms. The van der Waals surface area contributed by atoms with Crippen molar-refractivity contribution in [2.45, 2.75) is 132 Å². The number of sulfonamides is 1. The van der Waals surface area contributed by atoms with Gasteiger partial charge in [-0.2, -0.15) is 4.31 Å². The van der Waals surface area contributed by atoms with Gasteiger partial charge in [0, 0.05) is 75.2 Å². The smallest absolute Gasteiger partial charge is 0.253 e. The molecule has 350 valence electrons. The summed E-state index contributed by atoms with van der Waals surface area (Å²) in [4.78, 5) is 72.8. The zero-order valence-electron chi connectivity index (χ0n) is 38.2. The predicted octanol–water partition coefficient (Wildman–Crippen LogP) is 6.37. The number of carbonyl (C=O) groups is 5. The van der Waals surface area contributed by atoms with Gasteiger partial charge >= 0.3 is 0 Å². The molecule has 4 fully saturated rings. The Labute approximate surface area is 385 Å². The van der Waals surface area contributed by atoms with E-state index in [-0.39, 0.29) is 90.7 Å². The van der Waals surface area contributed by atoms with E-state index in [1.165, 1.54) is 27.4 Å². The van der Waals surface area contributed by atoms with E-state index in [9.17, 15) is 32.4 Å². The van der Waals surface area contributed by atoms with Crippen LogP contribution < -0.4 is 16.0 Å². The van der Waals surface area contributed by atoms with Crippen LogP contribution in [0.25, 0.3) is 0 Å². The lowest BCUT2D eigenvalue weighted by atomic mass is 9.94. The van der Waals surface area contributed by atoms with Crippen molar-refractivity contribution in [1.82, 2.24) is 30.1 Å². The molecule has 7 atom stereocenters. The molecular weight excluding hydrogens is 841 g/mol. The zero-order valence-corrected chi connectivity index (χ0v) is 39.0. The molecule has 3 aromatic carbocycles. The first kappa shape index (κ1) is 47.9. The third-order valence-corrected chi connectivity index (χ3v) is 15.6. The van der Waals surface area contributed by atoms with Crippen molar-refractivity contribution in [1.29, 1.82) is 0 Å². The molecule has 0 radical (unpaired) electrons. The molecule has 4 aliphatic rings. The zero-order chi connectivity index (χ0) is 45.9. The van der Waals surface area contributed by atoms with Gasteiger partial charge in [-0.05, 0) is 61.4 Å². The molecule has 13 nitrogen and oxygen atoms in total. The van der Waals surface area contributed by atoms with Crippen LogP contribution in [0.3, 0.4) is 0 Å². The Morgan fingerprint density at radius 1 is 0.631 bits per heavy atom. The Hall–Kier alpha value is -5.08. The molecule has 3 aromatic rings. The average molecular weight is 909 g/mol. The number of nitrogens with zero attached hydrogens (tertiary/aromatic N) is 3. The minimum atomic E-state index is -4.24. The Kier molecular flexibility index (Phi) is 16.5. The van der Waals surface area contributed by atoms with Gasteiger partial charge in [0.05, 0.1) is 16.7 Å². The molecule has 2 saturated heterocycles. The number of carbonyl (C=O) groups excluding carboxylic acids is 5. The van der Waals surface area contributed by atoms with Gasteiger partial charge in [0.2, 0.25) is 33.7 Å². The van der Waals surface area contributed by atoms with Crippen molar-refractivity contribution in [3.8, 4) is 0 Å². The van der Waals surface area contributed by atoms with Crippen molar-refractivity contribution < 1.29 is 32.4 Å². The summed E-state index contributed by atoms with van der Waals surface area (Å²) in [7, 11) is -4.24. The summed E-state index contributed by atoms with van der Waals surface area (Å²) in [6.45, 7) is 4.83. The highest BCUT2D eigenvalue weighted by Crippen LogP contribution is 2.43. The Morgan fingerprint density at radius 2 is 1.20 bits per heavy atom. The van der Waals surface area contributed by atoms with Crippen LogP contribution in [0.1, 0.15) is 131 Å². The van der Waals surface area contributed by atoms with E-state index in [1.807, 2.05) is 60.7 Å². The first-order valence-corrected chi connectivity index (χ1v) is 25.6. The Morgan fingerprint density at radius 3 is 1.78 bits per heavy atom.